The van der Waals surface area contributed by atoms with Crippen molar-refractivity contribution in [3.8, 4) is 5.92 Å². The van der Waals surface area contributed by atoms with E-state index >= 15 is 0 Å². The standard InChI is InChI=1S/C18H19/c1-3-5-6-10-15(4-2)17-14-9-12-16-11-7-8-13-18(16)17/h7-9,11-15H,3,5-6,10H2,1H3. The number of unbranched alkanes of at least 4 members (excludes halogenated alkanes) is 2. The Bertz CT molecular complexity index is 540. The number of rotatable bonds is 5. The zero-order chi connectivity index (χ0) is 12.8. The van der Waals surface area contributed by atoms with Gasteiger partial charge in [0.2, 0.25) is 0 Å². The highest BCUT2D eigenvalue weighted by atomic mass is 14.1. The first kappa shape index (κ1) is 12.7. The Labute approximate surface area is 110 Å². The zero-order valence-corrected chi connectivity index (χ0v) is 10.9. The minimum Gasteiger partial charge on any atom is -0.0809 e. The molecular formula is C18H19. The van der Waals surface area contributed by atoms with Crippen LogP contribution in [-0.4, -0.2) is 0 Å². The van der Waals surface area contributed by atoms with E-state index in [-0.39, 0.29) is 5.92 Å². The Kier molecular flexibility index (Phi) is 4.42. The lowest BCUT2D eigenvalue weighted by Crippen LogP contribution is -1.97. The minimum atomic E-state index is 0.141. The third-order valence-corrected chi connectivity index (χ3v) is 3.47. The molecule has 0 aliphatic rings. The van der Waals surface area contributed by atoms with Gasteiger partial charge in [0.05, 0.1) is 0 Å². The Hall–Kier alpha value is -1.74. The van der Waals surface area contributed by atoms with Crippen LogP contribution in [0, 0.1) is 12.3 Å². The molecule has 0 aromatic heterocycles. The molecule has 18 heavy (non-hydrogen) atoms. The van der Waals surface area contributed by atoms with Gasteiger partial charge in [-0.15, -0.1) is 0 Å². The predicted octanol–water partition coefficient (Wildman–Crippen LogP) is 5.09. The summed E-state index contributed by atoms with van der Waals surface area (Å²) in [6.07, 6.45) is 12.2. The Morgan fingerprint density at radius 2 is 1.83 bits per heavy atom. The van der Waals surface area contributed by atoms with Gasteiger partial charge in [0.15, 0.2) is 0 Å². The monoisotopic (exact) mass is 235 g/mol. The average molecular weight is 235 g/mol. The van der Waals surface area contributed by atoms with E-state index in [1.54, 1.807) is 0 Å². The quantitative estimate of drug-likeness (QED) is 0.500. The maximum absolute atomic E-state index is 7.56. The molecular weight excluding hydrogens is 216 g/mol. The van der Waals surface area contributed by atoms with Gasteiger partial charge in [-0.1, -0.05) is 74.6 Å². The fourth-order valence-corrected chi connectivity index (χ4v) is 2.46. The van der Waals surface area contributed by atoms with Gasteiger partial charge in [-0.2, -0.15) is 0 Å². The smallest absolute Gasteiger partial charge is 0.0468 e. The van der Waals surface area contributed by atoms with E-state index in [1.165, 1.54) is 35.6 Å². The molecule has 2 aromatic rings. The third kappa shape index (κ3) is 2.74. The summed E-state index contributed by atoms with van der Waals surface area (Å²) in [4.78, 5) is 0. The molecule has 2 aromatic carbocycles. The summed E-state index contributed by atoms with van der Waals surface area (Å²) in [5, 5.41) is 2.52. The Balaban J connectivity index is 2.31. The van der Waals surface area contributed by atoms with Gasteiger partial charge in [-0.25, -0.2) is 0 Å². The summed E-state index contributed by atoms with van der Waals surface area (Å²) in [7, 11) is 0. The van der Waals surface area contributed by atoms with Crippen molar-refractivity contribution < 1.29 is 0 Å². The second kappa shape index (κ2) is 6.26. The molecule has 2 rings (SSSR count). The molecule has 0 fully saturated rings. The van der Waals surface area contributed by atoms with Crippen LogP contribution in [0.15, 0.2) is 42.5 Å². The molecule has 0 amide bonds. The highest BCUT2D eigenvalue weighted by Gasteiger charge is 2.11. The summed E-state index contributed by atoms with van der Waals surface area (Å²) in [6, 6.07) is 14.8. The molecule has 91 valence electrons. The summed E-state index contributed by atoms with van der Waals surface area (Å²) in [5.74, 6) is 2.86. The highest BCUT2D eigenvalue weighted by Crippen LogP contribution is 2.28. The van der Waals surface area contributed by atoms with Gasteiger partial charge in [0.25, 0.3) is 0 Å². The van der Waals surface area contributed by atoms with Crippen molar-refractivity contribution in [2.45, 2.75) is 38.5 Å². The minimum absolute atomic E-state index is 0.141. The van der Waals surface area contributed by atoms with Gasteiger partial charge in [0, 0.05) is 5.92 Å². The molecule has 1 atom stereocenters. The molecule has 0 aliphatic heterocycles. The van der Waals surface area contributed by atoms with Crippen molar-refractivity contribution >= 4 is 10.8 Å². The lowest BCUT2D eigenvalue weighted by molar-refractivity contribution is 0.639. The van der Waals surface area contributed by atoms with Crippen LogP contribution in [0.5, 0.6) is 0 Å². The number of benzene rings is 2. The fourth-order valence-electron chi connectivity index (χ4n) is 2.46. The normalized spacial score (nSPS) is 12.2. The first-order chi connectivity index (χ1) is 8.86. The maximum Gasteiger partial charge on any atom is 0.0468 e. The van der Waals surface area contributed by atoms with E-state index in [4.69, 9.17) is 6.42 Å². The predicted molar refractivity (Wildman–Crippen MR) is 78.0 cm³/mol. The van der Waals surface area contributed by atoms with Gasteiger partial charge in [-0.05, 0) is 29.2 Å². The first-order valence-electron chi connectivity index (χ1n) is 6.76. The topological polar surface area (TPSA) is 0 Å². The van der Waals surface area contributed by atoms with E-state index in [1.807, 2.05) is 0 Å². The molecule has 0 heterocycles. The van der Waals surface area contributed by atoms with E-state index in [2.05, 4.69) is 55.3 Å². The molecule has 0 aliphatic carbocycles. The van der Waals surface area contributed by atoms with E-state index in [0.29, 0.717) is 0 Å². The summed E-state index contributed by atoms with van der Waals surface area (Å²) in [5.41, 5.74) is 1.25. The number of hydrogen-bond donors (Lipinski definition) is 0. The van der Waals surface area contributed by atoms with Gasteiger partial charge in [-0.3, -0.25) is 0 Å². The lowest BCUT2D eigenvalue weighted by atomic mass is 9.90. The fraction of sp³-hybridized carbons (Fsp3) is 0.333. The Morgan fingerprint density at radius 3 is 2.61 bits per heavy atom. The largest absolute Gasteiger partial charge is 0.0809 e. The van der Waals surface area contributed by atoms with Crippen LogP contribution in [0.3, 0.4) is 0 Å². The highest BCUT2D eigenvalue weighted by molar-refractivity contribution is 5.86. The lowest BCUT2D eigenvalue weighted by Gasteiger charge is -2.13. The van der Waals surface area contributed by atoms with Crippen molar-refractivity contribution in [3.63, 3.8) is 0 Å². The van der Waals surface area contributed by atoms with Crippen LogP contribution in [0.25, 0.3) is 10.8 Å². The van der Waals surface area contributed by atoms with Crippen LogP contribution in [0.4, 0.5) is 0 Å². The number of hydrogen-bond acceptors (Lipinski definition) is 0. The molecule has 0 saturated carbocycles. The second-order valence-electron chi connectivity index (χ2n) is 4.76. The third-order valence-electron chi connectivity index (χ3n) is 3.47. The van der Waals surface area contributed by atoms with Gasteiger partial charge in [0.1, 0.15) is 0 Å². The Morgan fingerprint density at radius 1 is 1.06 bits per heavy atom. The second-order valence-corrected chi connectivity index (χ2v) is 4.76. The molecule has 0 heteroatoms. The van der Waals surface area contributed by atoms with E-state index in [9.17, 15) is 0 Å². The van der Waals surface area contributed by atoms with Crippen LogP contribution in [0.2, 0.25) is 0 Å². The van der Waals surface area contributed by atoms with Crippen LogP contribution >= 0.6 is 0 Å². The number of fused-ring (bicyclic) bond motifs is 1. The van der Waals surface area contributed by atoms with Crippen molar-refractivity contribution in [1.82, 2.24) is 0 Å². The van der Waals surface area contributed by atoms with Crippen molar-refractivity contribution in [3.05, 3.63) is 54.5 Å². The molecule has 0 bridgehead atoms. The van der Waals surface area contributed by atoms with Crippen LogP contribution in [-0.2, 0) is 0 Å². The zero-order valence-electron chi connectivity index (χ0n) is 10.9. The van der Waals surface area contributed by atoms with E-state index in [0.717, 1.165) is 6.42 Å². The van der Waals surface area contributed by atoms with Crippen molar-refractivity contribution in [2.75, 3.05) is 0 Å². The first-order valence-corrected chi connectivity index (χ1v) is 6.76. The van der Waals surface area contributed by atoms with Gasteiger partial charge < -0.3 is 0 Å². The molecule has 0 saturated heterocycles. The van der Waals surface area contributed by atoms with Crippen LogP contribution < -0.4 is 0 Å². The summed E-state index contributed by atoms with van der Waals surface area (Å²) in [6.45, 7) is 2.21. The van der Waals surface area contributed by atoms with E-state index < -0.39 is 0 Å². The molecule has 0 nitrogen and oxygen atoms in total. The molecule has 1 radical (unpaired) electrons. The molecule has 0 N–H and O–H groups in total. The summed E-state index contributed by atoms with van der Waals surface area (Å²) < 4.78 is 0. The SMILES string of the molecule is [C]#CC(CCCCC)c1cccc2ccccc12. The van der Waals surface area contributed by atoms with Crippen LogP contribution in [0.1, 0.15) is 44.1 Å². The molecule has 1 unspecified atom stereocenters. The van der Waals surface area contributed by atoms with Crippen molar-refractivity contribution in [2.24, 2.45) is 0 Å². The molecule has 0 spiro atoms. The summed E-state index contributed by atoms with van der Waals surface area (Å²) >= 11 is 0. The van der Waals surface area contributed by atoms with Crippen molar-refractivity contribution in [1.29, 1.82) is 0 Å². The maximum atomic E-state index is 7.56. The average Bonchev–Trinajstić information content (AvgIpc) is 2.43. The van der Waals surface area contributed by atoms with Gasteiger partial charge >= 0.3 is 0 Å².